The zero-order valence-electron chi connectivity index (χ0n) is 7.88. The van der Waals surface area contributed by atoms with Gasteiger partial charge in [0.15, 0.2) is 0 Å². The van der Waals surface area contributed by atoms with Crippen LogP contribution in [0, 0.1) is 0 Å². The fourth-order valence-electron chi connectivity index (χ4n) is 1.86. The Labute approximate surface area is 74.0 Å². The Morgan fingerprint density at radius 3 is 3.08 bits per heavy atom. The molecule has 12 heavy (non-hydrogen) atoms. The summed E-state index contributed by atoms with van der Waals surface area (Å²) >= 11 is 0. The van der Waals surface area contributed by atoms with Crippen molar-refractivity contribution in [3.8, 4) is 0 Å². The van der Waals surface area contributed by atoms with Crippen molar-refractivity contribution in [2.24, 2.45) is 4.99 Å². The summed E-state index contributed by atoms with van der Waals surface area (Å²) in [5.74, 6) is 0. The van der Waals surface area contributed by atoms with Gasteiger partial charge in [0.05, 0.1) is 5.70 Å². The Balaban J connectivity index is 2.08. The number of rotatable bonds is 1. The van der Waals surface area contributed by atoms with E-state index in [1.807, 2.05) is 0 Å². The lowest BCUT2D eigenvalue weighted by Gasteiger charge is -2.30. The van der Waals surface area contributed by atoms with Gasteiger partial charge in [0, 0.05) is 31.8 Å². The van der Waals surface area contributed by atoms with Gasteiger partial charge in [-0.15, -0.1) is 0 Å². The normalized spacial score (nSPS) is 23.9. The lowest BCUT2D eigenvalue weighted by atomic mass is 10.0. The number of hydrogen-bond acceptors (Lipinski definition) is 2. The average molecular weight is 164 g/mol. The minimum Gasteiger partial charge on any atom is -0.295 e. The number of nitrogens with zero attached hydrogens (tertiary/aromatic N) is 2. The maximum atomic E-state index is 4.40. The van der Waals surface area contributed by atoms with Crippen molar-refractivity contribution >= 4 is 6.21 Å². The third kappa shape index (κ3) is 1.31. The molecule has 2 heteroatoms. The van der Waals surface area contributed by atoms with E-state index in [0.717, 1.165) is 13.0 Å². The van der Waals surface area contributed by atoms with Gasteiger partial charge in [-0.2, -0.15) is 0 Å². The van der Waals surface area contributed by atoms with Crippen LogP contribution in [0.15, 0.2) is 16.3 Å². The lowest BCUT2D eigenvalue weighted by molar-refractivity contribution is 0.231. The van der Waals surface area contributed by atoms with Crippen molar-refractivity contribution in [3.05, 3.63) is 11.3 Å². The molecule has 0 N–H and O–H groups in total. The van der Waals surface area contributed by atoms with E-state index in [1.165, 1.54) is 18.7 Å². The van der Waals surface area contributed by atoms with Crippen LogP contribution in [0.4, 0.5) is 0 Å². The first-order valence-electron chi connectivity index (χ1n) is 4.75. The van der Waals surface area contributed by atoms with Crippen LogP contribution < -0.4 is 0 Å². The molecule has 2 rings (SSSR count). The fourth-order valence-corrected chi connectivity index (χ4v) is 1.86. The lowest BCUT2D eigenvalue weighted by Crippen LogP contribution is -2.36. The predicted octanol–water partition coefficient (Wildman–Crippen LogP) is 1.83. The van der Waals surface area contributed by atoms with Crippen LogP contribution in [0.1, 0.15) is 26.7 Å². The van der Waals surface area contributed by atoms with E-state index < -0.39 is 0 Å². The fraction of sp³-hybridized carbons (Fsp3) is 0.700. The molecule has 0 saturated carbocycles. The minimum atomic E-state index is 0.662. The van der Waals surface area contributed by atoms with Crippen LogP contribution in [-0.4, -0.2) is 30.2 Å². The smallest absolute Gasteiger partial charge is 0.0536 e. The van der Waals surface area contributed by atoms with E-state index in [1.54, 1.807) is 5.57 Å². The Kier molecular flexibility index (Phi) is 2.01. The monoisotopic (exact) mass is 164 g/mol. The van der Waals surface area contributed by atoms with Gasteiger partial charge in [-0.1, -0.05) is 0 Å². The Morgan fingerprint density at radius 1 is 1.50 bits per heavy atom. The van der Waals surface area contributed by atoms with Gasteiger partial charge in [0.1, 0.15) is 0 Å². The van der Waals surface area contributed by atoms with Crippen LogP contribution in [0.5, 0.6) is 0 Å². The third-order valence-electron chi connectivity index (χ3n) is 2.78. The molecule has 0 aromatic rings. The summed E-state index contributed by atoms with van der Waals surface area (Å²) in [5.41, 5.74) is 2.92. The van der Waals surface area contributed by atoms with Crippen LogP contribution >= 0.6 is 0 Å². The van der Waals surface area contributed by atoms with Gasteiger partial charge in [0.2, 0.25) is 0 Å². The summed E-state index contributed by atoms with van der Waals surface area (Å²) in [7, 11) is 0. The molecule has 0 radical (unpaired) electrons. The molecule has 2 aliphatic heterocycles. The van der Waals surface area contributed by atoms with Gasteiger partial charge >= 0.3 is 0 Å². The Hall–Kier alpha value is -0.630. The Bertz CT molecular complexity index is 238. The van der Waals surface area contributed by atoms with Crippen molar-refractivity contribution in [3.63, 3.8) is 0 Å². The summed E-state index contributed by atoms with van der Waals surface area (Å²) in [5, 5.41) is 0. The summed E-state index contributed by atoms with van der Waals surface area (Å²) in [6.45, 7) is 6.80. The topological polar surface area (TPSA) is 15.6 Å². The first kappa shape index (κ1) is 7.99. The predicted molar refractivity (Wildman–Crippen MR) is 51.5 cm³/mol. The zero-order valence-corrected chi connectivity index (χ0v) is 7.88. The van der Waals surface area contributed by atoms with Crippen molar-refractivity contribution in [2.75, 3.05) is 13.1 Å². The highest BCUT2D eigenvalue weighted by Crippen LogP contribution is 2.25. The second kappa shape index (κ2) is 3.02. The third-order valence-corrected chi connectivity index (χ3v) is 2.78. The molecule has 2 heterocycles. The highest BCUT2D eigenvalue weighted by atomic mass is 15.2. The van der Waals surface area contributed by atoms with Crippen molar-refractivity contribution in [2.45, 2.75) is 32.7 Å². The average Bonchev–Trinajstić information content (AvgIpc) is 2.49. The standard InChI is InChI=1S/C10H16N2/c1-8(2)12-6-4-9-3-5-11-10(9)7-12/h5,8H,3-4,6-7H2,1-2H3. The van der Waals surface area contributed by atoms with Crippen molar-refractivity contribution in [1.29, 1.82) is 0 Å². The second-order valence-electron chi connectivity index (χ2n) is 3.88. The molecule has 0 bridgehead atoms. The van der Waals surface area contributed by atoms with Crippen molar-refractivity contribution in [1.82, 2.24) is 4.90 Å². The molecule has 0 fully saturated rings. The molecule has 0 saturated heterocycles. The van der Waals surface area contributed by atoms with Crippen molar-refractivity contribution < 1.29 is 0 Å². The highest BCUT2D eigenvalue weighted by Gasteiger charge is 2.21. The molecular weight excluding hydrogens is 148 g/mol. The maximum absolute atomic E-state index is 4.40. The van der Waals surface area contributed by atoms with Crippen LogP contribution in [-0.2, 0) is 0 Å². The largest absolute Gasteiger partial charge is 0.295 e. The summed E-state index contributed by atoms with van der Waals surface area (Å²) in [6, 6.07) is 0.662. The highest BCUT2D eigenvalue weighted by molar-refractivity contribution is 5.67. The number of hydrogen-bond donors (Lipinski definition) is 0. The first-order valence-corrected chi connectivity index (χ1v) is 4.75. The maximum Gasteiger partial charge on any atom is 0.0536 e. The van der Waals surface area contributed by atoms with E-state index in [9.17, 15) is 0 Å². The Morgan fingerprint density at radius 2 is 2.33 bits per heavy atom. The first-order chi connectivity index (χ1) is 5.77. The summed E-state index contributed by atoms with van der Waals surface area (Å²) in [6.07, 6.45) is 4.39. The van der Waals surface area contributed by atoms with Gasteiger partial charge in [-0.3, -0.25) is 9.89 Å². The molecule has 0 amide bonds. The van der Waals surface area contributed by atoms with E-state index in [2.05, 4.69) is 30.0 Å². The molecule has 2 nitrogen and oxygen atoms in total. The second-order valence-corrected chi connectivity index (χ2v) is 3.88. The van der Waals surface area contributed by atoms with E-state index in [-0.39, 0.29) is 0 Å². The van der Waals surface area contributed by atoms with E-state index in [4.69, 9.17) is 0 Å². The molecular formula is C10H16N2. The molecule has 2 aliphatic rings. The van der Waals surface area contributed by atoms with Crippen LogP contribution in [0.25, 0.3) is 0 Å². The minimum absolute atomic E-state index is 0.662. The molecule has 0 atom stereocenters. The molecule has 0 aromatic carbocycles. The molecule has 0 spiro atoms. The molecule has 0 aliphatic carbocycles. The van der Waals surface area contributed by atoms with Gasteiger partial charge in [-0.25, -0.2) is 0 Å². The van der Waals surface area contributed by atoms with Gasteiger partial charge in [0.25, 0.3) is 0 Å². The summed E-state index contributed by atoms with van der Waals surface area (Å²) < 4.78 is 0. The van der Waals surface area contributed by atoms with E-state index >= 15 is 0 Å². The zero-order chi connectivity index (χ0) is 8.55. The summed E-state index contributed by atoms with van der Waals surface area (Å²) in [4.78, 5) is 6.89. The quantitative estimate of drug-likeness (QED) is 0.577. The van der Waals surface area contributed by atoms with E-state index in [0.29, 0.717) is 6.04 Å². The van der Waals surface area contributed by atoms with Gasteiger partial charge < -0.3 is 0 Å². The molecule has 66 valence electrons. The van der Waals surface area contributed by atoms with Crippen LogP contribution in [0.2, 0.25) is 0 Å². The molecule has 0 unspecified atom stereocenters. The SMILES string of the molecule is CC(C)N1CCC2=C(C1)N=CC2. The number of aliphatic imine (C=N–C) groups is 1. The van der Waals surface area contributed by atoms with Crippen LogP contribution in [0.3, 0.4) is 0 Å². The molecule has 0 aromatic heterocycles. The van der Waals surface area contributed by atoms with Gasteiger partial charge in [-0.05, 0) is 25.8 Å².